The second-order valence-electron chi connectivity index (χ2n) is 3.94. The van der Waals surface area contributed by atoms with Crippen LogP contribution in [-0.2, 0) is 0 Å². The molecule has 0 saturated heterocycles. The molecule has 2 nitrogen and oxygen atoms in total. The normalized spacial score (nSPS) is 27.8. The Morgan fingerprint density at radius 1 is 1.08 bits per heavy atom. The van der Waals surface area contributed by atoms with Crippen molar-refractivity contribution < 1.29 is 0 Å². The van der Waals surface area contributed by atoms with Gasteiger partial charge in [-0.1, -0.05) is 12.1 Å². The molecule has 0 bridgehead atoms. The Bertz CT molecular complexity index is 279. The molecule has 0 spiro atoms. The van der Waals surface area contributed by atoms with Crippen molar-refractivity contribution >= 4 is 5.69 Å². The lowest BCUT2D eigenvalue weighted by Gasteiger charge is -2.09. The number of hydrogen-bond acceptors (Lipinski definition) is 2. The lowest BCUT2D eigenvalue weighted by molar-refractivity contribution is 0.675. The summed E-state index contributed by atoms with van der Waals surface area (Å²) in [5.41, 5.74) is 13.7. The Morgan fingerprint density at radius 3 is 2.31 bits per heavy atom. The molecule has 4 N–H and O–H groups in total. The van der Waals surface area contributed by atoms with Crippen LogP contribution in [0.1, 0.15) is 30.7 Å². The van der Waals surface area contributed by atoms with Crippen molar-refractivity contribution in [3.05, 3.63) is 29.8 Å². The molecule has 2 rings (SSSR count). The summed E-state index contributed by atoms with van der Waals surface area (Å²) in [5.74, 6) is 0.663. The summed E-state index contributed by atoms with van der Waals surface area (Å²) >= 11 is 0. The van der Waals surface area contributed by atoms with Crippen molar-refractivity contribution in [3.8, 4) is 0 Å². The summed E-state index contributed by atoms with van der Waals surface area (Å²) in [4.78, 5) is 0. The van der Waals surface area contributed by atoms with E-state index in [4.69, 9.17) is 11.5 Å². The van der Waals surface area contributed by atoms with Crippen LogP contribution < -0.4 is 11.5 Å². The van der Waals surface area contributed by atoms with E-state index in [2.05, 4.69) is 12.1 Å². The summed E-state index contributed by atoms with van der Waals surface area (Å²) in [5, 5.41) is 0. The predicted molar refractivity (Wildman–Crippen MR) is 55.4 cm³/mol. The van der Waals surface area contributed by atoms with Gasteiger partial charge in [0, 0.05) is 11.7 Å². The van der Waals surface area contributed by atoms with E-state index >= 15 is 0 Å². The minimum Gasteiger partial charge on any atom is -0.399 e. The fourth-order valence-corrected chi connectivity index (χ4v) is 2.09. The molecule has 70 valence electrons. The molecule has 1 aromatic rings. The molecule has 1 aliphatic rings. The molecule has 0 amide bonds. The maximum Gasteiger partial charge on any atom is 0.0314 e. The molecule has 13 heavy (non-hydrogen) atoms. The van der Waals surface area contributed by atoms with Crippen LogP contribution in [0.15, 0.2) is 24.3 Å². The highest BCUT2D eigenvalue weighted by molar-refractivity contribution is 5.40. The zero-order valence-electron chi connectivity index (χ0n) is 7.74. The van der Waals surface area contributed by atoms with Crippen LogP contribution >= 0.6 is 0 Å². The number of benzene rings is 1. The summed E-state index contributed by atoms with van der Waals surface area (Å²) in [6, 6.07) is 8.59. The predicted octanol–water partition coefficient (Wildman–Crippen LogP) is 1.86. The van der Waals surface area contributed by atoms with Crippen LogP contribution in [0.25, 0.3) is 0 Å². The van der Waals surface area contributed by atoms with Crippen molar-refractivity contribution in [2.24, 2.45) is 5.73 Å². The van der Waals surface area contributed by atoms with Crippen LogP contribution in [0, 0.1) is 0 Å². The van der Waals surface area contributed by atoms with Gasteiger partial charge >= 0.3 is 0 Å². The van der Waals surface area contributed by atoms with Gasteiger partial charge in [-0.25, -0.2) is 0 Å². The molecule has 0 aromatic heterocycles. The smallest absolute Gasteiger partial charge is 0.0314 e. The van der Waals surface area contributed by atoms with E-state index in [1.807, 2.05) is 12.1 Å². The first-order valence-electron chi connectivity index (χ1n) is 4.87. The average Bonchev–Trinajstić information content (AvgIpc) is 2.53. The number of rotatable bonds is 1. The van der Waals surface area contributed by atoms with Gasteiger partial charge in [0.1, 0.15) is 0 Å². The second kappa shape index (κ2) is 3.38. The molecule has 1 fully saturated rings. The molecule has 0 radical (unpaired) electrons. The van der Waals surface area contributed by atoms with Crippen LogP contribution in [0.3, 0.4) is 0 Å². The van der Waals surface area contributed by atoms with E-state index in [1.54, 1.807) is 0 Å². The van der Waals surface area contributed by atoms with E-state index in [0.717, 1.165) is 18.5 Å². The Kier molecular flexibility index (Phi) is 2.23. The first-order valence-corrected chi connectivity index (χ1v) is 4.87. The van der Waals surface area contributed by atoms with E-state index in [1.165, 1.54) is 12.0 Å². The van der Waals surface area contributed by atoms with Crippen LogP contribution in [0.4, 0.5) is 5.69 Å². The Labute approximate surface area is 78.9 Å². The standard InChI is InChI=1S/C11H16N2/c12-10-4-1-8(2-5-10)9-3-6-11(13)7-9/h1-2,4-5,9,11H,3,6-7,12-13H2/t9-,11+/m0/s1. The Hall–Kier alpha value is -1.02. The Morgan fingerprint density at radius 2 is 1.77 bits per heavy atom. The van der Waals surface area contributed by atoms with E-state index in [0.29, 0.717) is 12.0 Å². The van der Waals surface area contributed by atoms with Gasteiger partial charge in [-0.3, -0.25) is 0 Å². The van der Waals surface area contributed by atoms with Crippen LogP contribution in [-0.4, -0.2) is 6.04 Å². The second-order valence-corrected chi connectivity index (χ2v) is 3.94. The van der Waals surface area contributed by atoms with Gasteiger partial charge in [0.15, 0.2) is 0 Å². The summed E-state index contributed by atoms with van der Waals surface area (Å²) in [6.07, 6.45) is 3.52. The quantitative estimate of drug-likeness (QED) is 0.642. The monoisotopic (exact) mass is 176 g/mol. The number of nitrogens with two attached hydrogens (primary N) is 2. The zero-order chi connectivity index (χ0) is 9.26. The number of anilines is 1. The highest BCUT2D eigenvalue weighted by atomic mass is 14.6. The molecule has 1 aromatic carbocycles. The van der Waals surface area contributed by atoms with Crippen molar-refractivity contribution in [1.29, 1.82) is 0 Å². The summed E-state index contributed by atoms with van der Waals surface area (Å²) in [6.45, 7) is 0. The van der Waals surface area contributed by atoms with Gasteiger partial charge in [0.2, 0.25) is 0 Å². The number of nitrogen functional groups attached to an aromatic ring is 1. The van der Waals surface area contributed by atoms with E-state index < -0.39 is 0 Å². The first-order chi connectivity index (χ1) is 6.25. The van der Waals surface area contributed by atoms with Crippen molar-refractivity contribution in [2.45, 2.75) is 31.2 Å². The summed E-state index contributed by atoms with van der Waals surface area (Å²) < 4.78 is 0. The molecule has 0 heterocycles. The van der Waals surface area contributed by atoms with Gasteiger partial charge in [-0.2, -0.15) is 0 Å². The minimum absolute atomic E-state index is 0.405. The van der Waals surface area contributed by atoms with E-state index in [-0.39, 0.29) is 0 Å². The van der Waals surface area contributed by atoms with E-state index in [9.17, 15) is 0 Å². The highest BCUT2D eigenvalue weighted by Crippen LogP contribution is 2.33. The average molecular weight is 176 g/mol. The topological polar surface area (TPSA) is 52.0 Å². The maximum absolute atomic E-state index is 5.87. The third-order valence-corrected chi connectivity index (χ3v) is 2.88. The van der Waals surface area contributed by atoms with Crippen LogP contribution in [0.5, 0.6) is 0 Å². The lowest BCUT2D eigenvalue weighted by atomic mass is 9.97. The first kappa shape index (κ1) is 8.57. The largest absolute Gasteiger partial charge is 0.399 e. The molecule has 2 atom stereocenters. The van der Waals surface area contributed by atoms with Gasteiger partial charge in [0.05, 0.1) is 0 Å². The van der Waals surface area contributed by atoms with Crippen LogP contribution in [0.2, 0.25) is 0 Å². The summed E-state index contributed by atoms with van der Waals surface area (Å²) in [7, 11) is 0. The van der Waals surface area contributed by atoms with Gasteiger partial charge in [-0.05, 0) is 42.9 Å². The molecular formula is C11H16N2. The molecule has 0 aliphatic heterocycles. The fourth-order valence-electron chi connectivity index (χ4n) is 2.09. The fraction of sp³-hybridized carbons (Fsp3) is 0.455. The highest BCUT2D eigenvalue weighted by Gasteiger charge is 2.22. The molecular weight excluding hydrogens is 160 g/mol. The third-order valence-electron chi connectivity index (χ3n) is 2.88. The molecule has 0 unspecified atom stereocenters. The van der Waals surface area contributed by atoms with Crippen molar-refractivity contribution in [3.63, 3.8) is 0 Å². The molecule has 1 saturated carbocycles. The Balaban J connectivity index is 2.13. The van der Waals surface area contributed by atoms with Gasteiger partial charge in [0.25, 0.3) is 0 Å². The zero-order valence-corrected chi connectivity index (χ0v) is 7.74. The SMILES string of the molecule is Nc1ccc([C@H]2CC[C@@H](N)C2)cc1. The third kappa shape index (κ3) is 1.83. The van der Waals surface area contributed by atoms with Gasteiger partial charge in [-0.15, -0.1) is 0 Å². The van der Waals surface area contributed by atoms with Crippen molar-refractivity contribution in [2.75, 3.05) is 5.73 Å². The molecule has 2 heteroatoms. The lowest BCUT2D eigenvalue weighted by Crippen LogP contribution is -2.14. The molecule has 1 aliphatic carbocycles. The minimum atomic E-state index is 0.405. The van der Waals surface area contributed by atoms with Crippen molar-refractivity contribution in [1.82, 2.24) is 0 Å². The number of hydrogen-bond donors (Lipinski definition) is 2. The maximum atomic E-state index is 5.87. The van der Waals surface area contributed by atoms with Gasteiger partial charge < -0.3 is 11.5 Å².